The molecule has 0 heterocycles. The molecular weight excluding hydrogens is 282 g/mol. The lowest BCUT2D eigenvalue weighted by molar-refractivity contribution is 0.600. The maximum Gasteiger partial charge on any atom is 0.236 e. The van der Waals surface area contributed by atoms with Crippen LogP contribution in [-0.4, -0.2) is 8.42 Å². The fourth-order valence-electron chi connectivity index (χ4n) is 2.31. The van der Waals surface area contributed by atoms with Crippen LogP contribution in [0.2, 0.25) is 0 Å². The molecule has 0 aliphatic carbocycles. The molecule has 3 nitrogen and oxygen atoms in total. The fraction of sp³-hybridized carbons (Fsp3) is 0.0588. The summed E-state index contributed by atoms with van der Waals surface area (Å²) in [5, 5.41) is 1.91. The Bertz CT molecular complexity index is 853. The summed E-state index contributed by atoms with van der Waals surface area (Å²) in [4.78, 5) is 0. The van der Waals surface area contributed by atoms with Crippen LogP contribution < -0.4 is 4.72 Å². The van der Waals surface area contributed by atoms with Crippen LogP contribution in [0.3, 0.4) is 0 Å². The van der Waals surface area contributed by atoms with Gasteiger partial charge in [0, 0.05) is 5.39 Å². The van der Waals surface area contributed by atoms with Crippen molar-refractivity contribution in [3.63, 3.8) is 0 Å². The third-order valence-corrected chi connectivity index (χ3v) is 4.50. The van der Waals surface area contributed by atoms with Gasteiger partial charge in [0.05, 0.1) is 11.4 Å². The molecule has 0 unspecified atom stereocenters. The molecule has 0 amide bonds. The number of hydrogen-bond donors (Lipinski definition) is 1. The highest BCUT2D eigenvalue weighted by atomic mass is 32.2. The number of fused-ring (bicyclic) bond motifs is 1. The first-order valence-corrected chi connectivity index (χ1v) is 8.31. The lowest BCUT2D eigenvalue weighted by Gasteiger charge is -2.10. The van der Waals surface area contributed by atoms with Gasteiger partial charge in [-0.05, 0) is 17.0 Å². The van der Waals surface area contributed by atoms with Crippen molar-refractivity contribution in [3.8, 4) is 0 Å². The lowest BCUT2D eigenvalue weighted by atomic mass is 10.1. The van der Waals surface area contributed by atoms with E-state index in [0.717, 1.165) is 16.3 Å². The second kappa shape index (κ2) is 5.58. The Balaban J connectivity index is 1.91. The molecule has 0 saturated carbocycles. The van der Waals surface area contributed by atoms with Crippen LogP contribution in [0.1, 0.15) is 5.56 Å². The standard InChI is InChI=1S/C17H15NO2S/c19-21(20,13-14-7-2-1-3-8-14)18-17-12-6-10-15-9-4-5-11-16(15)17/h1-12,18H,13H2. The minimum Gasteiger partial charge on any atom is -0.283 e. The second-order valence-electron chi connectivity index (χ2n) is 4.87. The molecule has 3 aromatic rings. The maximum atomic E-state index is 12.3. The van der Waals surface area contributed by atoms with Crippen molar-refractivity contribution in [1.29, 1.82) is 0 Å². The molecule has 0 bridgehead atoms. The average Bonchev–Trinajstić information content (AvgIpc) is 2.48. The molecular formula is C17H15NO2S. The molecule has 0 atom stereocenters. The van der Waals surface area contributed by atoms with Crippen LogP contribution in [0.25, 0.3) is 10.8 Å². The van der Waals surface area contributed by atoms with Crippen LogP contribution in [0, 0.1) is 0 Å². The Hall–Kier alpha value is -2.33. The van der Waals surface area contributed by atoms with Gasteiger partial charge in [0.25, 0.3) is 0 Å². The van der Waals surface area contributed by atoms with Crippen molar-refractivity contribution in [3.05, 3.63) is 78.4 Å². The largest absolute Gasteiger partial charge is 0.283 e. The Kier molecular flexibility index (Phi) is 3.62. The van der Waals surface area contributed by atoms with E-state index >= 15 is 0 Å². The first kappa shape index (κ1) is 13.6. The number of nitrogens with one attached hydrogen (secondary N) is 1. The van der Waals surface area contributed by atoms with E-state index in [1.165, 1.54) is 0 Å². The topological polar surface area (TPSA) is 46.2 Å². The molecule has 0 radical (unpaired) electrons. The summed E-state index contributed by atoms with van der Waals surface area (Å²) < 4.78 is 27.3. The molecule has 0 aliphatic rings. The van der Waals surface area contributed by atoms with Crippen molar-refractivity contribution in [1.82, 2.24) is 0 Å². The minimum absolute atomic E-state index is 0.0307. The summed E-state index contributed by atoms with van der Waals surface area (Å²) in [7, 11) is -3.43. The van der Waals surface area contributed by atoms with E-state index in [0.29, 0.717) is 5.69 Å². The maximum absolute atomic E-state index is 12.3. The third kappa shape index (κ3) is 3.23. The van der Waals surface area contributed by atoms with Crippen molar-refractivity contribution in [2.45, 2.75) is 5.75 Å². The molecule has 0 aliphatic heterocycles. The molecule has 1 N–H and O–H groups in total. The van der Waals surface area contributed by atoms with E-state index in [1.807, 2.05) is 66.7 Å². The highest BCUT2D eigenvalue weighted by Gasteiger charge is 2.13. The molecule has 3 aromatic carbocycles. The van der Waals surface area contributed by atoms with Gasteiger partial charge in [-0.1, -0.05) is 66.7 Å². The highest BCUT2D eigenvalue weighted by Crippen LogP contribution is 2.24. The Morgan fingerprint density at radius 1 is 0.762 bits per heavy atom. The number of hydrogen-bond acceptors (Lipinski definition) is 2. The van der Waals surface area contributed by atoms with Gasteiger partial charge in [-0.2, -0.15) is 0 Å². The summed E-state index contributed by atoms with van der Waals surface area (Å²) in [6.45, 7) is 0. The van der Waals surface area contributed by atoms with Gasteiger partial charge in [0.1, 0.15) is 0 Å². The smallest absolute Gasteiger partial charge is 0.236 e. The molecule has 3 rings (SSSR count). The monoisotopic (exact) mass is 297 g/mol. The normalized spacial score (nSPS) is 11.4. The molecule has 0 spiro atoms. The van der Waals surface area contributed by atoms with E-state index in [4.69, 9.17) is 0 Å². The van der Waals surface area contributed by atoms with Crippen LogP contribution in [0.5, 0.6) is 0 Å². The Labute approximate surface area is 124 Å². The molecule has 4 heteroatoms. The van der Waals surface area contributed by atoms with Crippen molar-refractivity contribution in [2.75, 3.05) is 4.72 Å². The van der Waals surface area contributed by atoms with Crippen LogP contribution in [-0.2, 0) is 15.8 Å². The van der Waals surface area contributed by atoms with E-state index < -0.39 is 10.0 Å². The first-order valence-electron chi connectivity index (χ1n) is 6.66. The zero-order valence-corrected chi connectivity index (χ0v) is 12.2. The number of sulfonamides is 1. The summed E-state index contributed by atoms with van der Waals surface area (Å²) in [5.74, 6) is -0.0307. The minimum atomic E-state index is -3.43. The zero-order chi connectivity index (χ0) is 14.7. The summed E-state index contributed by atoms with van der Waals surface area (Å²) in [5.41, 5.74) is 1.38. The van der Waals surface area contributed by atoms with E-state index in [2.05, 4.69) is 4.72 Å². The first-order chi connectivity index (χ1) is 10.1. The van der Waals surface area contributed by atoms with Crippen molar-refractivity contribution >= 4 is 26.5 Å². The zero-order valence-electron chi connectivity index (χ0n) is 11.4. The van der Waals surface area contributed by atoms with E-state index in [1.54, 1.807) is 6.07 Å². The van der Waals surface area contributed by atoms with Crippen LogP contribution >= 0.6 is 0 Å². The van der Waals surface area contributed by atoms with Crippen molar-refractivity contribution < 1.29 is 8.42 Å². The predicted molar refractivity (Wildman–Crippen MR) is 86.6 cm³/mol. The van der Waals surface area contributed by atoms with Crippen LogP contribution in [0.4, 0.5) is 5.69 Å². The number of benzene rings is 3. The van der Waals surface area contributed by atoms with Gasteiger partial charge in [0.2, 0.25) is 10.0 Å². The summed E-state index contributed by atoms with van der Waals surface area (Å²) in [6.07, 6.45) is 0. The fourth-order valence-corrected chi connectivity index (χ4v) is 3.53. The predicted octanol–water partition coefficient (Wildman–Crippen LogP) is 3.78. The SMILES string of the molecule is O=S(=O)(Cc1ccccc1)Nc1cccc2ccccc12. The van der Waals surface area contributed by atoms with E-state index in [-0.39, 0.29) is 5.75 Å². The van der Waals surface area contributed by atoms with Gasteiger partial charge < -0.3 is 0 Å². The molecule has 0 aromatic heterocycles. The Morgan fingerprint density at radius 2 is 1.43 bits per heavy atom. The van der Waals surface area contributed by atoms with Gasteiger partial charge in [-0.3, -0.25) is 4.72 Å². The van der Waals surface area contributed by atoms with Crippen molar-refractivity contribution in [2.24, 2.45) is 0 Å². The Morgan fingerprint density at radius 3 is 2.24 bits per heavy atom. The second-order valence-corrected chi connectivity index (χ2v) is 6.60. The molecule has 106 valence electrons. The van der Waals surface area contributed by atoms with Gasteiger partial charge in [0.15, 0.2) is 0 Å². The van der Waals surface area contributed by atoms with E-state index in [9.17, 15) is 8.42 Å². The quantitative estimate of drug-likeness (QED) is 0.796. The highest BCUT2D eigenvalue weighted by molar-refractivity contribution is 7.91. The lowest BCUT2D eigenvalue weighted by Crippen LogP contribution is -2.15. The van der Waals surface area contributed by atoms with Gasteiger partial charge >= 0.3 is 0 Å². The average molecular weight is 297 g/mol. The summed E-state index contributed by atoms with van der Waals surface area (Å²) in [6, 6.07) is 22.5. The summed E-state index contributed by atoms with van der Waals surface area (Å²) >= 11 is 0. The van der Waals surface area contributed by atoms with Gasteiger partial charge in [-0.25, -0.2) is 8.42 Å². The van der Waals surface area contributed by atoms with Crippen LogP contribution in [0.15, 0.2) is 72.8 Å². The third-order valence-electron chi connectivity index (χ3n) is 3.25. The molecule has 21 heavy (non-hydrogen) atoms. The number of rotatable bonds is 4. The number of anilines is 1. The van der Waals surface area contributed by atoms with Gasteiger partial charge in [-0.15, -0.1) is 0 Å². The molecule has 0 fully saturated rings. The molecule has 0 saturated heterocycles.